The van der Waals surface area contributed by atoms with Gasteiger partial charge in [0, 0.05) is 36.2 Å². The molecule has 1 aliphatic rings. The van der Waals surface area contributed by atoms with Gasteiger partial charge in [0.25, 0.3) is 0 Å². The molecule has 2 aromatic heterocycles. The molecule has 0 aliphatic carbocycles. The molecule has 166 valence electrons. The number of aryl methyl sites for hydroxylation is 3. The molecule has 0 unspecified atom stereocenters. The fourth-order valence-electron chi connectivity index (χ4n) is 4.42. The summed E-state index contributed by atoms with van der Waals surface area (Å²) in [7, 11) is 0. The van der Waals surface area contributed by atoms with E-state index in [2.05, 4.69) is 52.3 Å². The van der Waals surface area contributed by atoms with Gasteiger partial charge in [0.2, 0.25) is 5.91 Å². The summed E-state index contributed by atoms with van der Waals surface area (Å²) in [5.41, 5.74) is 6.31. The lowest BCUT2D eigenvalue weighted by Crippen LogP contribution is -2.32. The molecule has 3 heterocycles. The lowest BCUT2D eigenvalue weighted by molar-refractivity contribution is -0.116. The number of thiocarbonyl (C=S) groups is 1. The summed E-state index contributed by atoms with van der Waals surface area (Å²) in [6.45, 7) is 6.73. The van der Waals surface area contributed by atoms with Crippen LogP contribution in [0.3, 0.4) is 0 Å². The fraction of sp³-hybridized carbons (Fsp3) is 0.320. The highest BCUT2D eigenvalue weighted by atomic mass is 32.1. The van der Waals surface area contributed by atoms with Gasteiger partial charge in [0.15, 0.2) is 5.11 Å². The highest BCUT2D eigenvalue weighted by Crippen LogP contribution is 2.40. The van der Waals surface area contributed by atoms with Gasteiger partial charge in [-0.15, -0.1) is 0 Å². The second-order valence-electron chi connectivity index (χ2n) is 8.16. The molecule has 3 N–H and O–H groups in total. The van der Waals surface area contributed by atoms with Gasteiger partial charge in [-0.05, 0) is 67.9 Å². The van der Waals surface area contributed by atoms with E-state index >= 15 is 0 Å². The predicted molar refractivity (Wildman–Crippen MR) is 131 cm³/mol. The molecule has 3 aromatic rings. The number of hydrogen-bond acceptors (Lipinski definition) is 3. The van der Waals surface area contributed by atoms with Crippen LogP contribution in [-0.4, -0.2) is 32.4 Å². The molecule has 0 radical (unpaired) electrons. The van der Waals surface area contributed by atoms with Crippen LogP contribution >= 0.6 is 12.2 Å². The Hall–Kier alpha value is -3.19. The van der Waals surface area contributed by atoms with Crippen molar-refractivity contribution in [3.8, 4) is 0 Å². The van der Waals surface area contributed by atoms with Crippen molar-refractivity contribution in [3.63, 3.8) is 0 Å². The van der Waals surface area contributed by atoms with E-state index in [1.165, 1.54) is 5.56 Å². The highest BCUT2D eigenvalue weighted by molar-refractivity contribution is 7.80. The molecule has 1 aromatic carbocycles. The smallest absolute Gasteiger partial charge is 0.226 e. The monoisotopic (exact) mass is 447 g/mol. The van der Waals surface area contributed by atoms with Gasteiger partial charge in [-0.1, -0.05) is 31.2 Å². The molecular formula is C25H29N5OS. The molecule has 0 spiro atoms. The van der Waals surface area contributed by atoms with E-state index in [-0.39, 0.29) is 18.0 Å². The zero-order valence-corrected chi connectivity index (χ0v) is 19.5. The maximum atomic E-state index is 12.8. The summed E-state index contributed by atoms with van der Waals surface area (Å²) in [4.78, 5) is 22.9. The van der Waals surface area contributed by atoms with Gasteiger partial charge in [-0.3, -0.25) is 9.78 Å². The number of anilines is 1. The fourth-order valence-corrected chi connectivity index (χ4v) is 4.75. The topological polar surface area (TPSA) is 73.1 Å². The number of para-hydroxylation sites is 1. The second-order valence-corrected chi connectivity index (χ2v) is 8.55. The first-order valence-electron chi connectivity index (χ1n) is 11.0. The molecule has 0 bridgehead atoms. The number of amides is 1. The number of nitrogens with zero attached hydrogens (tertiary/aromatic N) is 2. The van der Waals surface area contributed by atoms with Crippen molar-refractivity contribution in [3.05, 3.63) is 82.9 Å². The minimum absolute atomic E-state index is 0.0179. The Morgan fingerprint density at radius 3 is 2.66 bits per heavy atom. The number of H-pyrrole nitrogens is 1. The number of carbonyl (C=O) groups is 1. The Labute approximate surface area is 194 Å². The number of hydrogen-bond donors (Lipinski definition) is 3. The zero-order valence-electron chi connectivity index (χ0n) is 18.7. The van der Waals surface area contributed by atoms with Crippen LogP contribution in [-0.2, 0) is 11.2 Å². The Kier molecular flexibility index (Phi) is 6.55. The Morgan fingerprint density at radius 1 is 1.19 bits per heavy atom. The maximum absolute atomic E-state index is 12.8. The van der Waals surface area contributed by atoms with Crippen molar-refractivity contribution in [2.24, 2.45) is 0 Å². The number of aromatic amines is 1. The van der Waals surface area contributed by atoms with Crippen molar-refractivity contribution in [1.29, 1.82) is 0 Å². The standard InChI is InChI=1S/C25H29N5OS/c1-4-18-9-5-6-10-20(18)28-22(31)12-14-30-24(19-15-16(2)27-17(19)3)23(29-25(30)32)21-11-7-8-13-26-21/h5-11,13,15,23-24,27H,4,12,14H2,1-3H3,(H,28,31)(H,29,32)/t23-,24+/m1/s1. The molecule has 1 aliphatic heterocycles. The first kappa shape index (κ1) is 22.0. The van der Waals surface area contributed by atoms with Gasteiger partial charge >= 0.3 is 0 Å². The van der Waals surface area contributed by atoms with Crippen LogP contribution in [0.5, 0.6) is 0 Å². The van der Waals surface area contributed by atoms with E-state index in [9.17, 15) is 4.79 Å². The van der Waals surface area contributed by atoms with Crippen LogP contribution in [0.4, 0.5) is 5.69 Å². The lowest BCUT2D eigenvalue weighted by Gasteiger charge is -2.27. The summed E-state index contributed by atoms with van der Waals surface area (Å²) < 4.78 is 0. The third-order valence-corrected chi connectivity index (χ3v) is 6.31. The quantitative estimate of drug-likeness (QED) is 0.462. The van der Waals surface area contributed by atoms with E-state index in [0.29, 0.717) is 18.1 Å². The SMILES string of the molecule is CCc1ccccc1NC(=O)CCN1C(=S)N[C@H](c2ccccn2)[C@@H]1c1cc(C)[nH]c1C. The van der Waals surface area contributed by atoms with E-state index in [0.717, 1.165) is 34.8 Å². The summed E-state index contributed by atoms with van der Waals surface area (Å²) in [6.07, 6.45) is 3.01. The first-order chi connectivity index (χ1) is 15.5. The number of carbonyl (C=O) groups excluding carboxylic acids is 1. The average molecular weight is 448 g/mol. The van der Waals surface area contributed by atoms with Crippen molar-refractivity contribution in [2.75, 3.05) is 11.9 Å². The first-order valence-corrected chi connectivity index (χ1v) is 11.4. The van der Waals surface area contributed by atoms with Gasteiger partial charge < -0.3 is 20.5 Å². The Balaban J connectivity index is 1.55. The predicted octanol–water partition coefficient (Wildman–Crippen LogP) is 4.59. The third kappa shape index (κ3) is 4.53. The van der Waals surface area contributed by atoms with Crippen LogP contribution in [0.2, 0.25) is 0 Å². The number of nitrogens with one attached hydrogen (secondary N) is 3. The van der Waals surface area contributed by atoms with Crippen LogP contribution in [0.1, 0.15) is 53.6 Å². The number of benzene rings is 1. The van der Waals surface area contributed by atoms with E-state index in [4.69, 9.17) is 12.2 Å². The van der Waals surface area contributed by atoms with Crippen LogP contribution in [0.15, 0.2) is 54.7 Å². The average Bonchev–Trinajstić information content (AvgIpc) is 3.30. The highest BCUT2D eigenvalue weighted by Gasteiger charge is 2.40. The van der Waals surface area contributed by atoms with Crippen molar-refractivity contribution >= 4 is 28.9 Å². The molecule has 32 heavy (non-hydrogen) atoms. The zero-order chi connectivity index (χ0) is 22.7. The molecule has 2 atom stereocenters. The Morgan fingerprint density at radius 2 is 1.97 bits per heavy atom. The van der Waals surface area contributed by atoms with Crippen LogP contribution in [0, 0.1) is 13.8 Å². The number of rotatable bonds is 7. The largest absolute Gasteiger partial charge is 0.362 e. The molecule has 0 saturated carbocycles. The third-order valence-electron chi connectivity index (χ3n) is 5.96. The minimum atomic E-state index is -0.0820. The summed E-state index contributed by atoms with van der Waals surface area (Å²) in [5.74, 6) is -0.0179. The van der Waals surface area contributed by atoms with E-state index in [1.807, 2.05) is 42.5 Å². The van der Waals surface area contributed by atoms with E-state index < -0.39 is 0 Å². The van der Waals surface area contributed by atoms with Crippen molar-refractivity contribution in [1.82, 2.24) is 20.2 Å². The van der Waals surface area contributed by atoms with Gasteiger partial charge in [0.1, 0.15) is 0 Å². The van der Waals surface area contributed by atoms with Crippen molar-refractivity contribution < 1.29 is 4.79 Å². The summed E-state index contributed by atoms with van der Waals surface area (Å²) >= 11 is 5.71. The molecule has 1 saturated heterocycles. The normalized spacial score (nSPS) is 18.0. The molecule has 4 rings (SSSR count). The van der Waals surface area contributed by atoms with Crippen LogP contribution < -0.4 is 10.6 Å². The maximum Gasteiger partial charge on any atom is 0.226 e. The molecule has 7 heteroatoms. The summed E-state index contributed by atoms with van der Waals surface area (Å²) in [6, 6.07) is 15.9. The number of aromatic nitrogens is 2. The van der Waals surface area contributed by atoms with Crippen LogP contribution in [0.25, 0.3) is 0 Å². The molecule has 6 nitrogen and oxygen atoms in total. The second kappa shape index (κ2) is 9.53. The van der Waals surface area contributed by atoms with E-state index in [1.54, 1.807) is 6.20 Å². The van der Waals surface area contributed by atoms with Gasteiger partial charge in [0.05, 0.1) is 17.8 Å². The van der Waals surface area contributed by atoms with Gasteiger partial charge in [-0.2, -0.15) is 0 Å². The molecule has 1 fully saturated rings. The Bertz CT molecular complexity index is 1110. The van der Waals surface area contributed by atoms with Gasteiger partial charge in [-0.25, -0.2) is 0 Å². The summed E-state index contributed by atoms with van der Waals surface area (Å²) in [5, 5.41) is 7.16. The number of pyridine rings is 1. The van der Waals surface area contributed by atoms with Crippen molar-refractivity contribution in [2.45, 2.75) is 45.7 Å². The molecule has 1 amide bonds. The lowest BCUT2D eigenvalue weighted by atomic mass is 9.96. The minimum Gasteiger partial charge on any atom is -0.362 e. The molecular weight excluding hydrogens is 418 g/mol.